The second kappa shape index (κ2) is 38.9. The summed E-state index contributed by atoms with van der Waals surface area (Å²) in [6.07, 6.45) is 11.0. The number of carbonyl (C=O) groups is 1. The topological polar surface area (TPSA) is 71.4 Å². The van der Waals surface area contributed by atoms with Crippen LogP contribution in [0, 0.1) is 11.8 Å². The van der Waals surface area contributed by atoms with E-state index in [1.54, 1.807) is 0 Å². The Hall–Kier alpha value is -1.41. The molecule has 0 aromatic heterocycles. The summed E-state index contributed by atoms with van der Waals surface area (Å²) in [5.41, 5.74) is 0. The summed E-state index contributed by atoms with van der Waals surface area (Å²) in [4.78, 5) is 26.4. The van der Waals surface area contributed by atoms with Crippen molar-refractivity contribution >= 4 is 12.1 Å². The Balaban J connectivity index is -0.0000000434. The zero-order valence-electron chi connectivity index (χ0n) is 14.8. The number of hydrogen-bond acceptors (Lipinski definition) is 3. The lowest BCUT2D eigenvalue weighted by Gasteiger charge is -2.07. The summed E-state index contributed by atoms with van der Waals surface area (Å²) in [7, 11) is 0. The van der Waals surface area contributed by atoms with E-state index in [1.165, 1.54) is 38.5 Å². The molecule has 0 amide bonds. The average Bonchev–Trinajstić information content (AvgIpc) is 2.49. The monoisotopic (exact) mass is 378 g/mol. The Bertz CT molecular complexity index is 282. The van der Waals surface area contributed by atoms with Crippen LogP contribution in [0.25, 0.3) is 0 Å². The lowest BCUT2D eigenvalue weighted by Crippen LogP contribution is -2.00. The first-order valence-electron chi connectivity index (χ1n) is 8.22. The van der Waals surface area contributed by atoms with Gasteiger partial charge in [-0.3, -0.25) is 4.79 Å². The van der Waals surface area contributed by atoms with Crippen LogP contribution in [0.2, 0.25) is 0 Å². The Labute approximate surface area is 165 Å². The molecule has 162 valence electrons. The highest BCUT2D eigenvalue weighted by Crippen LogP contribution is 2.13. The summed E-state index contributed by atoms with van der Waals surface area (Å²) >= 11 is 0. The van der Waals surface area contributed by atoms with Crippen molar-refractivity contribution in [2.45, 2.75) is 109 Å². The lowest BCUT2D eigenvalue weighted by atomic mass is 9.99. The molecule has 0 aliphatic carbocycles. The Kier molecular flexibility index (Phi) is 66.2. The molecule has 26 heavy (non-hydrogen) atoms. The van der Waals surface area contributed by atoms with Gasteiger partial charge in [0, 0.05) is 6.42 Å². The van der Waals surface area contributed by atoms with E-state index in [4.69, 9.17) is 14.7 Å². The quantitative estimate of drug-likeness (QED) is 0.396. The standard InChI is InChI=1S/C9H18O2.C8H16.CO2.4CH4/c1-3-4-5-8(2)6-7-9(10)11;1-4-6-7-8(3)5-2;2-1-3;;;;/h8H,3-7H2,1-2H3,(H,10,11);5,8H,2,4,6-7H2,1,3H3;;4*1H4. The van der Waals surface area contributed by atoms with Gasteiger partial charge in [0.1, 0.15) is 0 Å². The Morgan fingerprint density at radius 2 is 1.35 bits per heavy atom. The highest BCUT2D eigenvalue weighted by molar-refractivity contribution is 5.66. The third kappa shape index (κ3) is 57.0. The third-order valence-electron chi connectivity index (χ3n) is 3.32. The fourth-order valence-electron chi connectivity index (χ4n) is 1.71. The molecule has 2 atom stereocenters. The van der Waals surface area contributed by atoms with Gasteiger partial charge in [0.05, 0.1) is 0 Å². The van der Waals surface area contributed by atoms with E-state index in [-0.39, 0.29) is 35.9 Å². The molecule has 0 aliphatic rings. The first-order valence-corrected chi connectivity index (χ1v) is 8.22. The molecular formula is C22H50O4. The highest BCUT2D eigenvalue weighted by atomic mass is 16.4. The van der Waals surface area contributed by atoms with E-state index < -0.39 is 5.97 Å². The number of rotatable bonds is 10. The Morgan fingerprint density at radius 1 is 0.962 bits per heavy atom. The van der Waals surface area contributed by atoms with Crippen LogP contribution in [0.1, 0.15) is 109 Å². The molecule has 0 aliphatic heterocycles. The van der Waals surface area contributed by atoms with E-state index in [9.17, 15) is 4.79 Å². The molecule has 0 saturated carbocycles. The van der Waals surface area contributed by atoms with E-state index in [2.05, 4.69) is 34.3 Å². The van der Waals surface area contributed by atoms with Gasteiger partial charge in [-0.05, 0) is 24.7 Å². The average molecular weight is 379 g/mol. The van der Waals surface area contributed by atoms with Crippen LogP contribution >= 0.6 is 0 Å². The summed E-state index contributed by atoms with van der Waals surface area (Å²) in [5, 5.41) is 8.39. The van der Waals surface area contributed by atoms with Gasteiger partial charge in [0.15, 0.2) is 0 Å². The van der Waals surface area contributed by atoms with Gasteiger partial charge >= 0.3 is 12.1 Å². The molecule has 0 saturated heterocycles. The van der Waals surface area contributed by atoms with Gasteiger partial charge < -0.3 is 5.11 Å². The largest absolute Gasteiger partial charge is 0.481 e. The molecule has 0 heterocycles. The fourth-order valence-corrected chi connectivity index (χ4v) is 1.71. The van der Waals surface area contributed by atoms with Crippen molar-refractivity contribution in [2.24, 2.45) is 11.8 Å². The highest BCUT2D eigenvalue weighted by Gasteiger charge is 2.03. The molecule has 0 rings (SSSR count). The molecule has 0 spiro atoms. The number of hydrogen-bond donors (Lipinski definition) is 1. The molecule has 0 radical (unpaired) electrons. The van der Waals surface area contributed by atoms with Gasteiger partial charge in [-0.25, -0.2) is 0 Å². The normalized spacial score (nSPS) is 9.85. The van der Waals surface area contributed by atoms with E-state index in [0.29, 0.717) is 12.3 Å². The molecule has 0 aromatic carbocycles. The zero-order chi connectivity index (χ0) is 17.8. The maximum atomic E-state index is 10.2. The van der Waals surface area contributed by atoms with Crippen LogP contribution in [-0.4, -0.2) is 17.2 Å². The molecule has 0 aromatic rings. The number of aliphatic carboxylic acids is 1. The van der Waals surface area contributed by atoms with Crippen LogP contribution < -0.4 is 0 Å². The second-order valence-corrected chi connectivity index (χ2v) is 5.62. The summed E-state index contributed by atoms with van der Waals surface area (Å²) in [6, 6.07) is 0. The van der Waals surface area contributed by atoms with Gasteiger partial charge in [0.25, 0.3) is 0 Å². The number of carboxylic acid groups (broad SMARTS) is 1. The molecule has 0 fully saturated rings. The van der Waals surface area contributed by atoms with Gasteiger partial charge in [-0.1, -0.05) is 95.6 Å². The van der Waals surface area contributed by atoms with Crippen molar-refractivity contribution < 1.29 is 19.5 Å². The van der Waals surface area contributed by atoms with Gasteiger partial charge in [-0.15, -0.1) is 6.58 Å². The van der Waals surface area contributed by atoms with Crippen molar-refractivity contribution in [3.05, 3.63) is 12.7 Å². The third-order valence-corrected chi connectivity index (χ3v) is 3.32. The SMILES string of the molecule is C.C.C.C.C=CC(C)CCCC.CCCCC(C)CCC(=O)O.O=C=O. The molecule has 4 nitrogen and oxygen atoms in total. The second-order valence-electron chi connectivity index (χ2n) is 5.62. The van der Waals surface area contributed by atoms with E-state index in [1.807, 2.05) is 6.08 Å². The van der Waals surface area contributed by atoms with Gasteiger partial charge in [-0.2, -0.15) is 9.59 Å². The maximum Gasteiger partial charge on any atom is 0.373 e. The predicted octanol–water partition coefficient (Wildman–Crippen LogP) is 7.64. The maximum absolute atomic E-state index is 10.2. The van der Waals surface area contributed by atoms with Crippen molar-refractivity contribution in [1.29, 1.82) is 0 Å². The first kappa shape index (κ1) is 44.2. The van der Waals surface area contributed by atoms with Crippen molar-refractivity contribution in [1.82, 2.24) is 0 Å². The minimum atomic E-state index is -0.673. The Morgan fingerprint density at radius 3 is 1.65 bits per heavy atom. The number of carboxylic acids is 1. The smallest absolute Gasteiger partial charge is 0.373 e. The van der Waals surface area contributed by atoms with Gasteiger partial charge in [0.2, 0.25) is 0 Å². The van der Waals surface area contributed by atoms with Crippen LogP contribution in [-0.2, 0) is 14.4 Å². The van der Waals surface area contributed by atoms with Crippen molar-refractivity contribution in [3.8, 4) is 0 Å². The molecule has 0 bridgehead atoms. The number of carbonyl (C=O) groups excluding carboxylic acids is 2. The van der Waals surface area contributed by atoms with Crippen LogP contribution in [0.3, 0.4) is 0 Å². The minimum Gasteiger partial charge on any atom is -0.481 e. The zero-order valence-corrected chi connectivity index (χ0v) is 14.8. The predicted molar refractivity (Wildman–Crippen MR) is 116 cm³/mol. The molecular weight excluding hydrogens is 328 g/mol. The van der Waals surface area contributed by atoms with Crippen LogP contribution in [0.4, 0.5) is 0 Å². The summed E-state index contributed by atoms with van der Waals surface area (Å²) < 4.78 is 0. The molecule has 1 N–H and O–H groups in total. The van der Waals surface area contributed by atoms with Crippen LogP contribution in [0.5, 0.6) is 0 Å². The van der Waals surface area contributed by atoms with E-state index in [0.717, 1.165) is 12.3 Å². The number of unbranched alkanes of at least 4 members (excludes halogenated alkanes) is 2. The fraction of sp³-hybridized carbons (Fsp3) is 0.818. The lowest BCUT2D eigenvalue weighted by molar-refractivity contribution is -0.191. The number of allylic oxidation sites excluding steroid dienone is 1. The summed E-state index contributed by atoms with van der Waals surface area (Å²) in [6.45, 7) is 12.4. The van der Waals surface area contributed by atoms with Crippen molar-refractivity contribution in [2.75, 3.05) is 0 Å². The van der Waals surface area contributed by atoms with Crippen LogP contribution in [0.15, 0.2) is 12.7 Å². The van der Waals surface area contributed by atoms with Crippen molar-refractivity contribution in [3.63, 3.8) is 0 Å². The van der Waals surface area contributed by atoms with E-state index >= 15 is 0 Å². The molecule has 2 unspecified atom stereocenters. The molecule has 4 heteroatoms. The first-order chi connectivity index (χ1) is 10.4. The minimum absolute atomic E-state index is 0. The summed E-state index contributed by atoms with van der Waals surface area (Å²) in [5.74, 6) is 0.620.